The lowest BCUT2D eigenvalue weighted by molar-refractivity contribution is 0.0682. The molecule has 8 nitrogen and oxygen atoms in total. The van der Waals surface area contributed by atoms with Gasteiger partial charge in [-0.15, -0.1) is 0 Å². The topological polar surface area (TPSA) is 139 Å². The molecule has 0 radical (unpaired) electrons. The van der Waals surface area contributed by atoms with Gasteiger partial charge in [-0.05, 0) is 82.9 Å². The fourth-order valence-corrected chi connectivity index (χ4v) is 4.66. The number of hydrogen-bond donors (Lipinski definition) is 6. The molecule has 228 valence electrons. The third kappa shape index (κ3) is 7.89. The van der Waals surface area contributed by atoms with Gasteiger partial charge in [-0.2, -0.15) is 0 Å². The van der Waals surface area contributed by atoms with Gasteiger partial charge < -0.3 is 31.1 Å². The van der Waals surface area contributed by atoms with Crippen LogP contribution >= 0.6 is 0 Å². The molecular weight excluding hydrogens is 580 g/mol. The first-order valence-electron chi connectivity index (χ1n) is 14.2. The second-order valence-electron chi connectivity index (χ2n) is 10.2. The Kier molecular flexibility index (Phi) is 9.60. The van der Waals surface area contributed by atoms with Crippen LogP contribution in [-0.4, -0.2) is 32.4 Å². The zero-order valence-electron chi connectivity index (χ0n) is 24.5. The first kappa shape index (κ1) is 30.9. The van der Waals surface area contributed by atoms with Crippen molar-refractivity contribution in [1.82, 2.24) is 0 Å². The summed E-state index contributed by atoms with van der Waals surface area (Å²) in [5.74, 6) is -3.00. The molecule has 0 aliphatic heterocycles. The van der Waals surface area contributed by atoms with Gasteiger partial charge in [0.2, 0.25) is 0 Å². The van der Waals surface area contributed by atoms with Crippen molar-refractivity contribution in [2.45, 2.75) is 0 Å². The molecule has 0 spiro atoms. The zero-order valence-corrected chi connectivity index (χ0v) is 24.5. The van der Waals surface area contributed by atoms with Crippen molar-refractivity contribution in [3.63, 3.8) is 0 Å². The molecule has 0 saturated heterocycles. The molecule has 6 N–H and O–H groups in total. The number of aromatic hydroxyl groups is 2. The number of carboxylic acid groups (broad SMARTS) is 2. The summed E-state index contributed by atoms with van der Waals surface area (Å²) in [5.41, 5.74) is 6.71. The summed E-state index contributed by atoms with van der Waals surface area (Å²) in [6.45, 7) is 0. The predicted octanol–water partition coefficient (Wildman–Crippen LogP) is 9.00. The van der Waals surface area contributed by atoms with Crippen molar-refractivity contribution in [2.75, 3.05) is 10.6 Å². The number of hydrogen-bond acceptors (Lipinski definition) is 6. The van der Waals surface area contributed by atoms with Gasteiger partial charge in [0.05, 0.1) is 0 Å². The molecule has 0 bridgehead atoms. The Bertz CT molecular complexity index is 1800. The Labute approximate surface area is 265 Å². The van der Waals surface area contributed by atoms with E-state index in [1.54, 1.807) is 12.1 Å². The minimum absolute atomic E-state index is 0.179. The van der Waals surface area contributed by atoms with E-state index < -0.39 is 11.9 Å². The highest BCUT2D eigenvalue weighted by atomic mass is 16.4. The Morgan fingerprint density at radius 3 is 1.02 bits per heavy atom. The summed E-state index contributed by atoms with van der Waals surface area (Å²) in [7, 11) is 0. The molecule has 0 aliphatic carbocycles. The molecular formula is C38H30N2O6. The monoisotopic (exact) mass is 610 g/mol. The number of anilines is 4. The number of benzene rings is 6. The molecule has 0 heterocycles. The Hall–Kier alpha value is -6.54. The van der Waals surface area contributed by atoms with Crippen molar-refractivity contribution in [3.8, 4) is 33.8 Å². The van der Waals surface area contributed by atoms with Gasteiger partial charge in [0.25, 0.3) is 0 Å². The smallest absolute Gasteiger partial charge is 0.339 e. The third-order valence-corrected chi connectivity index (χ3v) is 7.02. The molecule has 6 aromatic carbocycles. The number of phenols is 2. The van der Waals surface area contributed by atoms with Crippen LogP contribution in [0.1, 0.15) is 20.7 Å². The van der Waals surface area contributed by atoms with Gasteiger partial charge >= 0.3 is 11.9 Å². The van der Waals surface area contributed by atoms with Crippen molar-refractivity contribution >= 4 is 34.7 Å². The van der Waals surface area contributed by atoms with E-state index in [0.717, 1.165) is 22.5 Å². The predicted molar refractivity (Wildman–Crippen MR) is 180 cm³/mol. The van der Waals surface area contributed by atoms with E-state index in [4.69, 9.17) is 10.2 Å². The number of aromatic carboxylic acids is 2. The maximum absolute atomic E-state index is 11.2. The van der Waals surface area contributed by atoms with E-state index in [0.29, 0.717) is 11.4 Å². The maximum atomic E-state index is 11.2. The second-order valence-corrected chi connectivity index (χ2v) is 10.2. The highest BCUT2D eigenvalue weighted by molar-refractivity contribution is 5.93. The first-order chi connectivity index (χ1) is 22.3. The number of carboxylic acids is 2. The Morgan fingerprint density at radius 2 is 0.696 bits per heavy atom. The maximum Gasteiger partial charge on any atom is 0.339 e. The van der Waals surface area contributed by atoms with E-state index in [1.807, 2.05) is 60.7 Å². The molecule has 0 aliphatic rings. The summed E-state index contributed by atoms with van der Waals surface area (Å²) < 4.78 is 0. The normalized spacial score (nSPS) is 10.3. The van der Waals surface area contributed by atoms with E-state index in [1.165, 1.54) is 35.4 Å². The van der Waals surface area contributed by atoms with Crippen LogP contribution in [-0.2, 0) is 0 Å². The van der Waals surface area contributed by atoms with E-state index in [-0.39, 0.29) is 22.6 Å². The van der Waals surface area contributed by atoms with Gasteiger partial charge in [-0.3, -0.25) is 0 Å². The molecule has 8 heteroatoms. The lowest BCUT2D eigenvalue weighted by Crippen LogP contribution is -1.99. The highest BCUT2D eigenvalue weighted by Crippen LogP contribution is 2.29. The molecule has 0 fully saturated rings. The van der Waals surface area contributed by atoms with Crippen LogP contribution in [0.25, 0.3) is 22.3 Å². The molecule has 46 heavy (non-hydrogen) atoms. The Balaban J connectivity index is 0.000000289. The molecule has 0 atom stereocenters. The van der Waals surface area contributed by atoms with Crippen LogP contribution in [0.2, 0.25) is 0 Å². The average molecular weight is 611 g/mol. The van der Waals surface area contributed by atoms with Crippen LogP contribution in [0.15, 0.2) is 146 Å². The standard InChI is InChI=1S/C26H20N2O6.C12H10/c29-23-11-9-19(13-21(23)25(31)32)27-17-5-1-15(2-6-17)16-3-7-18(8-4-16)28-20-10-12-24(30)22(14-20)26(33)34;1-3-7-11(8-4-1)12-9-5-2-6-10-12/h1-14,27-30H,(H,31,32)(H,33,34);1-10H. The first-order valence-corrected chi connectivity index (χ1v) is 14.2. The number of nitrogens with one attached hydrogen (secondary N) is 2. The van der Waals surface area contributed by atoms with Crippen LogP contribution in [0.4, 0.5) is 22.7 Å². The zero-order chi connectivity index (χ0) is 32.5. The Morgan fingerprint density at radius 1 is 0.391 bits per heavy atom. The van der Waals surface area contributed by atoms with Gasteiger partial charge in [-0.1, -0.05) is 84.9 Å². The summed E-state index contributed by atoms with van der Waals surface area (Å²) >= 11 is 0. The van der Waals surface area contributed by atoms with Gasteiger partial charge in [0, 0.05) is 22.7 Å². The third-order valence-electron chi connectivity index (χ3n) is 7.02. The lowest BCUT2D eigenvalue weighted by Gasteiger charge is -2.11. The van der Waals surface area contributed by atoms with E-state index >= 15 is 0 Å². The van der Waals surface area contributed by atoms with Gasteiger partial charge in [0.1, 0.15) is 22.6 Å². The molecule has 0 unspecified atom stereocenters. The molecule has 6 aromatic rings. The average Bonchev–Trinajstić information content (AvgIpc) is 3.08. The SMILES string of the molecule is O=C(O)c1cc(Nc2ccc(-c3ccc(Nc4ccc(O)c(C(=O)O)c4)cc3)cc2)ccc1O.c1ccc(-c2ccccc2)cc1. The van der Waals surface area contributed by atoms with Crippen LogP contribution in [0.3, 0.4) is 0 Å². The van der Waals surface area contributed by atoms with Crippen molar-refractivity contribution < 1.29 is 30.0 Å². The van der Waals surface area contributed by atoms with Crippen molar-refractivity contribution in [3.05, 3.63) is 157 Å². The van der Waals surface area contributed by atoms with Gasteiger partial charge in [-0.25, -0.2) is 9.59 Å². The number of carbonyl (C=O) groups is 2. The van der Waals surface area contributed by atoms with Crippen molar-refractivity contribution in [1.29, 1.82) is 0 Å². The molecule has 0 amide bonds. The molecule has 0 aromatic heterocycles. The quantitative estimate of drug-likeness (QED) is 0.0939. The summed E-state index contributed by atoms with van der Waals surface area (Å²) in [6.07, 6.45) is 0. The second kappa shape index (κ2) is 14.3. The summed E-state index contributed by atoms with van der Waals surface area (Å²) in [6, 6.07) is 44.5. The fourth-order valence-electron chi connectivity index (χ4n) is 4.66. The highest BCUT2D eigenvalue weighted by Gasteiger charge is 2.11. The largest absolute Gasteiger partial charge is 0.507 e. The lowest BCUT2D eigenvalue weighted by atomic mass is 10.0. The van der Waals surface area contributed by atoms with E-state index in [9.17, 15) is 19.8 Å². The molecule has 6 rings (SSSR count). The van der Waals surface area contributed by atoms with Gasteiger partial charge in [0.15, 0.2) is 0 Å². The number of rotatable bonds is 8. The van der Waals surface area contributed by atoms with Crippen LogP contribution in [0.5, 0.6) is 11.5 Å². The summed E-state index contributed by atoms with van der Waals surface area (Å²) in [5, 5.41) is 43.8. The van der Waals surface area contributed by atoms with Crippen molar-refractivity contribution in [2.24, 2.45) is 0 Å². The molecule has 0 saturated carbocycles. The van der Waals surface area contributed by atoms with E-state index in [2.05, 4.69) is 59.2 Å². The van der Waals surface area contributed by atoms with Crippen LogP contribution < -0.4 is 10.6 Å². The minimum atomic E-state index is -1.21. The van der Waals surface area contributed by atoms with Crippen LogP contribution in [0, 0.1) is 0 Å². The summed E-state index contributed by atoms with van der Waals surface area (Å²) in [4.78, 5) is 22.4. The fraction of sp³-hybridized carbons (Fsp3) is 0. The minimum Gasteiger partial charge on any atom is -0.507 e.